The molecule has 0 heterocycles. The molecule has 0 amide bonds. The molecule has 0 aromatic heterocycles. The summed E-state index contributed by atoms with van der Waals surface area (Å²) in [7, 11) is 1.96. The van der Waals surface area contributed by atoms with Crippen molar-refractivity contribution < 1.29 is 19.6 Å². The number of rotatable bonds is 7. The van der Waals surface area contributed by atoms with Gasteiger partial charge in [-0.3, -0.25) is 10.1 Å². The normalized spacial score (nSPS) is 11.8. The fourth-order valence-electron chi connectivity index (χ4n) is 2.82. The Morgan fingerprint density at radius 2 is 1.64 bits per heavy atom. The van der Waals surface area contributed by atoms with Crippen LogP contribution in [-0.2, 0) is 6.54 Å². The maximum absolute atomic E-state index is 11.2. The molecule has 0 saturated heterocycles. The summed E-state index contributed by atoms with van der Waals surface area (Å²) in [6.45, 7) is 1.69. The van der Waals surface area contributed by atoms with Gasteiger partial charge in [0.25, 0.3) is 5.69 Å². The van der Waals surface area contributed by atoms with Gasteiger partial charge in [-0.1, -0.05) is 24.3 Å². The molecule has 0 unspecified atom stereocenters. The molecule has 0 radical (unpaired) electrons. The van der Waals surface area contributed by atoms with Crippen LogP contribution in [0.3, 0.4) is 0 Å². The molecule has 22 heavy (non-hydrogen) atoms. The topological polar surface area (TPSA) is 83.6 Å². The average Bonchev–Trinajstić information content (AvgIpc) is 2.47. The van der Waals surface area contributed by atoms with Crippen molar-refractivity contribution in [3.63, 3.8) is 0 Å². The summed E-state index contributed by atoms with van der Waals surface area (Å²) in [5.74, 6) is 0. The van der Waals surface area contributed by atoms with Crippen molar-refractivity contribution in [2.24, 2.45) is 0 Å². The molecule has 6 heteroatoms. The van der Waals surface area contributed by atoms with E-state index in [4.69, 9.17) is 0 Å². The minimum atomic E-state index is -0.373. The zero-order valence-corrected chi connectivity index (χ0v) is 12.6. The minimum absolute atomic E-state index is 0.0292. The first-order valence-electron chi connectivity index (χ1n) is 7.21. The Balaban J connectivity index is 2.47. The van der Waals surface area contributed by atoms with E-state index in [1.165, 1.54) is 6.07 Å². The van der Waals surface area contributed by atoms with Crippen LogP contribution in [0, 0.1) is 10.1 Å². The van der Waals surface area contributed by atoms with E-state index in [-0.39, 0.29) is 23.8 Å². The molecular weight excluding hydrogens is 284 g/mol. The molecular formula is C16H21N2O4+. The van der Waals surface area contributed by atoms with Crippen molar-refractivity contribution in [1.82, 2.24) is 0 Å². The summed E-state index contributed by atoms with van der Waals surface area (Å²) >= 11 is 0. The number of quaternary nitrogens is 1. The molecule has 2 aromatic rings. The van der Waals surface area contributed by atoms with E-state index in [2.05, 4.69) is 0 Å². The lowest BCUT2D eigenvalue weighted by atomic mass is 10.0. The first-order chi connectivity index (χ1) is 10.5. The third-order valence-corrected chi connectivity index (χ3v) is 4.02. The van der Waals surface area contributed by atoms with Crippen LogP contribution >= 0.6 is 0 Å². The van der Waals surface area contributed by atoms with Gasteiger partial charge in [0.2, 0.25) is 0 Å². The molecule has 0 bridgehead atoms. The number of aliphatic hydroxyl groups is 2. The molecule has 6 nitrogen and oxygen atoms in total. The number of non-ortho nitro benzene ring substituents is 1. The summed E-state index contributed by atoms with van der Waals surface area (Å²) in [4.78, 5) is 10.8. The standard InChI is InChI=1S/C16H21N2O4/c1-18(8-10-19,9-11-20)12-13-4-2-6-15-14(13)5-3-7-16(15)17(21)22/h2-7,19-20H,8-12H2,1H3/q+1. The highest BCUT2D eigenvalue weighted by Gasteiger charge is 2.23. The predicted molar refractivity (Wildman–Crippen MR) is 84.4 cm³/mol. The van der Waals surface area contributed by atoms with Crippen LogP contribution in [0.4, 0.5) is 5.69 Å². The number of likely N-dealkylation sites (N-methyl/N-ethyl adjacent to an activating group) is 1. The fourth-order valence-corrected chi connectivity index (χ4v) is 2.82. The lowest BCUT2D eigenvalue weighted by Crippen LogP contribution is -2.47. The van der Waals surface area contributed by atoms with Crippen molar-refractivity contribution in [3.8, 4) is 0 Å². The summed E-state index contributed by atoms with van der Waals surface area (Å²) in [5, 5.41) is 31.1. The predicted octanol–water partition coefficient (Wildman–Crippen LogP) is 1.68. The van der Waals surface area contributed by atoms with Gasteiger partial charge < -0.3 is 14.7 Å². The highest BCUT2D eigenvalue weighted by Crippen LogP contribution is 2.29. The maximum atomic E-state index is 11.2. The molecule has 0 aliphatic rings. The zero-order chi connectivity index (χ0) is 16.2. The fraction of sp³-hybridized carbons (Fsp3) is 0.375. The Labute approximate surface area is 129 Å². The second-order valence-corrected chi connectivity index (χ2v) is 5.72. The highest BCUT2D eigenvalue weighted by atomic mass is 16.6. The van der Waals surface area contributed by atoms with Gasteiger partial charge in [-0.25, -0.2) is 0 Å². The molecule has 0 saturated carbocycles. The molecule has 0 fully saturated rings. The third kappa shape index (κ3) is 3.41. The monoisotopic (exact) mass is 305 g/mol. The lowest BCUT2D eigenvalue weighted by Gasteiger charge is -2.33. The number of benzene rings is 2. The van der Waals surface area contributed by atoms with Gasteiger partial charge in [0, 0.05) is 11.6 Å². The first kappa shape index (κ1) is 16.4. The van der Waals surface area contributed by atoms with Gasteiger partial charge in [0.1, 0.15) is 19.6 Å². The van der Waals surface area contributed by atoms with Crippen LogP contribution in [0.25, 0.3) is 10.8 Å². The smallest absolute Gasteiger partial charge is 0.277 e. The number of hydrogen-bond donors (Lipinski definition) is 2. The lowest BCUT2D eigenvalue weighted by molar-refractivity contribution is -0.923. The molecule has 2 N–H and O–H groups in total. The Morgan fingerprint density at radius 3 is 2.23 bits per heavy atom. The molecule has 2 aromatic carbocycles. The average molecular weight is 305 g/mol. The first-order valence-corrected chi connectivity index (χ1v) is 7.21. The van der Waals surface area contributed by atoms with Crippen LogP contribution in [0.2, 0.25) is 0 Å². The van der Waals surface area contributed by atoms with Crippen molar-refractivity contribution in [2.45, 2.75) is 6.54 Å². The van der Waals surface area contributed by atoms with E-state index in [0.717, 1.165) is 10.9 Å². The number of hydrogen-bond acceptors (Lipinski definition) is 4. The van der Waals surface area contributed by atoms with Crippen LogP contribution in [0.1, 0.15) is 5.56 Å². The quantitative estimate of drug-likeness (QED) is 0.463. The van der Waals surface area contributed by atoms with E-state index in [9.17, 15) is 20.3 Å². The molecule has 118 valence electrons. The minimum Gasteiger partial charge on any atom is -0.391 e. The Bertz CT molecular complexity index is 666. The van der Waals surface area contributed by atoms with E-state index in [0.29, 0.717) is 29.5 Å². The number of nitro groups is 1. The van der Waals surface area contributed by atoms with Gasteiger partial charge in [-0.15, -0.1) is 0 Å². The van der Waals surface area contributed by atoms with Gasteiger partial charge in [-0.05, 0) is 11.5 Å². The van der Waals surface area contributed by atoms with E-state index in [1.54, 1.807) is 12.1 Å². The van der Waals surface area contributed by atoms with Gasteiger partial charge in [-0.2, -0.15) is 0 Å². The second kappa shape index (κ2) is 6.83. The number of nitrogens with zero attached hydrogens (tertiary/aromatic N) is 2. The third-order valence-electron chi connectivity index (χ3n) is 4.02. The molecule has 2 rings (SSSR count). The number of aliphatic hydroxyl groups excluding tert-OH is 2. The summed E-state index contributed by atoms with van der Waals surface area (Å²) in [5.41, 5.74) is 1.07. The summed E-state index contributed by atoms with van der Waals surface area (Å²) < 4.78 is 0.481. The van der Waals surface area contributed by atoms with Gasteiger partial charge in [0.05, 0.1) is 30.6 Å². The van der Waals surface area contributed by atoms with E-state index < -0.39 is 0 Å². The largest absolute Gasteiger partial charge is 0.391 e. The number of fused-ring (bicyclic) bond motifs is 1. The molecule has 0 atom stereocenters. The van der Waals surface area contributed by atoms with Crippen molar-refractivity contribution in [2.75, 3.05) is 33.4 Å². The van der Waals surface area contributed by atoms with Crippen LogP contribution in [0.15, 0.2) is 36.4 Å². The SMILES string of the molecule is C[N+](CCO)(CCO)Cc1cccc2c([N+](=O)[O-])cccc12. The summed E-state index contributed by atoms with van der Waals surface area (Å²) in [6, 6.07) is 10.6. The van der Waals surface area contributed by atoms with Crippen LogP contribution in [-0.4, -0.2) is 53.0 Å². The maximum Gasteiger partial charge on any atom is 0.277 e. The second-order valence-electron chi connectivity index (χ2n) is 5.72. The Hall–Kier alpha value is -2.02. The zero-order valence-electron chi connectivity index (χ0n) is 12.6. The van der Waals surface area contributed by atoms with Crippen molar-refractivity contribution >= 4 is 16.5 Å². The van der Waals surface area contributed by atoms with Crippen molar-refractivity contribution in [1.29, 1.82) is 0 Å². The number of nitro benzene ring substituents is 1. The van der Waals surface area contributed by atoms with Crippen LogP contribution < -0.4 is 0 Å². The Kier molecular flexibility index (Phi) is 5.07. The molecule has 0 spiro atoms. The van der Waals surface area contributed by atoms with Crippen LogP contribution in [0.5, 0.6) is 0 Å². The van der Waals surface area contributed by atoms with Gasteiger partial charge >= 0.3 is 0 Å². The van der Waals surface area contributed by atoms with E-state index in [1.807, 2.05) is 25.2 Å². The molecule has 0 aliphatic carbocycles. The van der Waals surface area contributed by atoms with E-state index >= 15 is 0 Å². The molecule has 0 aliphatic heterocycles. The van der Waals surface area contributed by atoms with Crippen molar-refractivity contribution in [3.05, 3.63) is 52.1 Å². The highest BCUT2D eigenvalue weighted by molar-refractivity contribution is 5.93. The summed E-state index contributed by atoms with van der Waals surface area (Å²) in [6.07, 6.45) is 0. The Morgan fingerprint density at radius 1 is 1.05 bits per heavy atom. The van der Waals surface area contributed by atoms with Gasteiger partial charge in [0.15, 0.2) is 0 Å².